The van der Waals surface area contributed by atoms with Crippen molar-refractivity contribution in [1.29, 1.82) is 0 Å². The van der Waals surface area contributed by atoms with Crippen LogP contribution in [0.5, 0.6) is 0 Å². The summed E-state index contributed by atoms with van der Waals surface area (Å²) in [6.07, 6.45) is 7.53. The molecule has 1 unspecified atom stereocenters. The summed E-state index contributed by atoms with van der Waals surface area (Å²) in [6.45, 7) is 7.50. The number of H-pyrrole nitrogens is 2. The molecule has 1 amide bonds. The van der Waals surface area contributed by atoms with Crippen molar-refractivity contribution in [2.45, 2.75) is 57.7 Å². The Morgan fingerprint density at radius 2 is 1.57 bits per heavy atom. The summed E-state index contributed by atoms with van der Waals surface area (Å²) in [5.74, 6) is 1.51. The van der Waals surface area contributed by atoms with Crippen molar-refractivity contribution < 1.29 is 9.18 Å². The molecule has 0 radical (unpaired) electrons. The van der Waals surface area contributed by atoms with Crippen LogP contribution in [-0.2, 0) is 4.79 Å². The summed E-state index contributed by atoms with van der Waals surface area (Å²) >= 11 is 0. The first-order valence-corrected chi connectivity index (χ1v) is 16.9. The van der Waals surface area contributed by atoms with E-state index < -0.39 is 0 Å². The van der Waals surface area contributed by atoms with Gasteiger partial charge in [-0.3, -0.25) is 9.69 Å². The van der Waals surface area contributed by atoms with E-state index in [4.69, 9.17) is 4.98 Å². The van der Waals surface area contributed by atoms with Gasteiger partial charge in [-0.25, -0.2) is 14.4 Å². The molecular weight excluding hydrogens is 589 g/mol. The molecule has 0 spiro atoms. The number of likely N-dealkylation sites (tertiary alicyclic amines) is 1. The second-order valence-corrected chi connectivity index (χ2v) is 12.5. The predicted octanol–water partition coefficient (Wildman–Crippen LogP) is 7.44. The molecule has 3 N–H and O–H groups in total. The van der Waals surface area contributed by atoms with Crippen LogP contribution in [0.4, 0.5) is 4.39 Å². The highest BCUT2D eigenvalue weighted by Crippen LogP contribution is 2.36. The highest BCUT2D eigenvalue weighted by Gasteiger charge is 2.38. The highest BCUT2D eigenvalue weighted by molar-refractivity contribution is 5.84. The van der Waals surface area contributed by atoms with Crippen molar-refractivity contribution in [2.75, 3.05) is 26.2 Å². The van der Waals surface area contributed by atoms with Crippen molar-refractivity contribution in [3.63, 3.8) is 0 Å². The molecule has 7 rings (SSSR count). The summed E-state index contributed by atoms with van der Waals surface area (Å²) in [6, 6.07) is 23.3. The van der Waals surface area contributed by atoms with E-state index in [1.807, 2.05) is 77.8 Å². The Balaban J connectivity index is 1.06. The van der Waals surface area contributed by atoms with Crippen molar-refractivity contribution in [3.05, 3.63) is 108 Å². The van der Waals surface area contributed by atoms with Crippen molar-refractivity contribution in [2.24, 2.45) is 0 Å². The molecule has 3 atom stereocenters. The SMILES string of the molecule is CCN(CC)C(C(=O)N1CCC[C@H]1c1ncc(-c2ccc(-c3ccc(-c4cnc([C@@H]5CCCN5)[nH]4)c(F)c3)cc2)[nH]1)c1ccccc1. The number of hydrogen-bond acceptors (Lipinski definition) is 5. The fourth-order valence-corrected chi connectivity index (χ4v) is 7.18. The monoisotopic (exact) mass is 631 g/mol. The number of carbonyl (C=O) groups is 1. The number of aromatic nitrogens is 4. The third kappa shape index (κ3) is 6.25. The number of halogens is 1. The van der Waals surface area contributed by atoms with E-state index in [1.165, 1.54) is 0 Å². The Morgan fingerprint density at radius 1 is 0.872 bits per heavy atom. The van der Waals surface area contributed by atoms with E-state index in [1.54, 1.807) is 12.3 Å². The van der Waals surface area contributed by atoms with Crippen LogP contribution >= 0.6 is 0 Å². The smallest absolute Gasteiger partial charge is 0.245 e. The van der Waals surface area contributed by atoms with Crippen LogP contribution in [0.25, 0.3) is 33.6 Å². The van der Waals surface area contributed by atoms with Crippen LogP contribution in [0.1, 0.15) is 74.9 Å². The summed E-state index contributed by atoms with van der Waals surface area (Å²) in [5.41, 5.74) is 5.83. The molecule has 4 heterocycles. The van der Waals surface area contributed by atoms with Gasteiger partial charge in [0.2, 0.25) is 5.91 Å². The number of hydrogen-bond donors (Lipinski definition) is 3. The maximum absolute atomic E-state index is 15.3. The molecule has 0 saturated carbocycles. The van der Waals surface area contributed by atoms with Gasteiger partial charge < -0.3 is 20.2 Å². The average Bonchev–Trinajstić information content (AvgIpc) is 3.94. The zero-order valence-corrected chi connectivity index (χ0v) is 27.0. The number of nitrogens with one attached hydrogen (secondary N) is 3. The summed E-state index contributed by atoms with van der Waals surface area (Å²) < 4.78 is 15.3. The van der Waals surface area contributed by atoms with Crippen LogP contribution in [0.2, 0.25) is 0 Å². The molecule has 2 aromatic heterocycles. The number of carbonyl (C=O) groups excluding carboxylic acids is 1. The topological polar surface area (TPSA) is 92.9 Å². The number of likely N-dealkylation sites (N-methyl/N-ethyl adjacent to an activating group) is 1. The second-order valence-electron chi connectivity index (χ2n) is 12.5. The number of amides is 1. The lowest BCUT2D eigenvalue weighted by molar-refractivity contribution is -0.138. The van der Waals surface area contributed by atoms with Gasteiger partial charge in [-0.05, 0) is 79.7 Å². The van der Waals surface area contributed by atoms with Crippen LogP contribution in [-0.4, -0.2) is 61.8 Å². The van der Waals surface area contributed by atoms with Gasteiger partial charge in [0.15, 0.2) is 0 Å². The van der Waals surface area contributed by atoms with Gasteiger partial charge in [-0.2, -0.15) is 0 Å². The molecular formula is C38H42FN7O. The maximum Gasteiger partial charge on any atom is 0.245 e. The first kappa shape index (κ1) is 31.0. The van der Waals surface area contributed by atoms with E-state index >= 15 is 4.39 Å². The largest absolute Gasteiger partial charge is 0.341 e. The minimum absolute atomic E-state index is 0.0980. The lowest BCUT2D eigenvalue weighted by Crippen LogP contribution is -2.43. The highest BCUT2D eigenvalue weighted by atomic mass is 19.1. The molecule has 2 fully saturated rings. The molecule has 8 nitrogen and oxygen atoms in total. The summed E-state index contributed by atoms with van der Waals surface area (Å²) in [5, 5.41) is 3.43. The molecule has 0 bridgehead atoms. The molecule has 2 saturated heterocycles. The van der Waals surface area contributed by atoms with Gasteiger partial charge in [0.25, 0.3) is 0 Å². The van der Waals surface area contributed by atoms with Gasteiger partial charge in [0.1, 0.15) is 23.5 Å². The normalized spacial score (nSPS) is 18.7. The van der Waals surface area contributed by atoms with E-state index in [0.717, 1.165) is 84.9 Å². The van der Waals surface area contributed by atoms with E-state index in [0.29, 0.717) is 17.8 Å². The summed E-state index contributed by atoms with van der Waals surface area (Å²) in [7, 11) is 0. The Morgan fingerprint density at radius 3 is 2.30 bits per heavy atom. The average molecular weight is 632 g/mol. The lowest BCUT2D eigenvalue weighted by atomic mass is 10.0. The van der Waals surface area contributed by atoms with Gasteiger partial charge in [0, 0.05) is 12.1 Å². The number of imidazole rings is 2. The molecule has 5 aromatic rings. The van der Waals surface area contributed by atoms with Crippen molar-refractivity contribution in [1.82, 2.24) is 35.1 Å². The van der Waals surface area contributed by atoms with Gasteiger partial charge in [-0.15, -0.1) is 0 Å². The molecule has 2 aliphatic rings. The number of nitrogens with zero attached hydrogens (tertiary/aromatic N) is 4. The van der Waals surface area contributed by atoms with Crippen LogP contribution in [0.3, 0.4) is 0 Å². The number of rotatable bonds is 10. The Bertz CT molecular complexity index is 1810. The molecule has 9 heteroatoms. The fourth-order valence-electron chi connectivity index (χ4n) is 7.18. The molecule has 3 aromatic carbocycles. The number of benzene rings is 3. The minimum atomic E-state index is -0.321. The van der Waals surface area contributed by atoms with E-state index in [2.05, 4.69) is 39.0 Å². The maximum atomic E-state index is 15.3. The van der Waals surface area contributed by atoms with Crippen LogP contribution < -0.4 is 5.32 Å². The minimum Gasteiger partial charge on any atom is -0.341 e. The second kappa shape index (κ2) is 13.6. The zero-order valence-electron chi connectivity index (χ0n) is 27.0. The van der Waals surface area contributed by atoms with Gasteiger partial charge in [-0.1, -0.05) is 74.5 Å². The van der Waals surface area contributed by atoms with E-state index in [9.17, 15) is 4.79 Å². The number of aromatic amines is 2. The Hall–Kier alpha value is -4.60. The Labute approximate surface area is 275 Å². The quantitative estimate of drug-likeness (QED) is 0.149. The summed E-state index contributed by atoms with van der Waals surface area (Å²) in [4.78, 5) is 34.4. The third-order valence-electron chi connectivity index (χ3n) is 9.75. The van der Waals surface area contributed by atoms with Crippen LogP contribution in [0.15, 0.2) is 85.2 Å². The third-order valence-corrected chi connectivity index (χ3v) is 9.75. The van der Waals surface area contributed by atoms with Crippen LogP contribution in [0, 0.1) is 5.82 Å². The Kier molecular flexibility index (Phi) is 9.00. The molecule has 0 aliphatic carbocycles. The van der Waals surface area contributed by atoms with Crippen molar-refractivity contribution in [3.8, 4) is 33.6 Å². The van der Waals surface area contributed by atoms with Gasteiger partial charge in [0.05, 0.1) is 35.9 Å². The first-order chi connectivity index (χ1) is 23.0. The molecule has 2 aliphatic heterocycles. The molecule has 242 valence electrons. The van der Waals surface area contributed by atoms with Gasteiger partial charge >= 0.3 is 0 Å². The molecule has 47 heavy (non-hydrogen) atoms. The van der Waals surface area contributed by atoms with E-state index in [-0.39, 0.29) is 29.8 Å². The predicted molar refractivity (Wildman–Crippen MR) is 183 cm³/mol. The first-order valence-electron chi connectivity index (χ1n) is 16.9. The van der Waals surface area contributed by atoms with Crippen molar-refractivity contribution >= 4 is 5.91 Å². The zero-order chi connectivity index (χ0) is 32.3. The fraction of sp³-hybridized carbons (Fsp3) is 0.342. The standard InChI is InChI=1S/C38H42FN7O/c1-3-45(4-2)35(27-10-6-5-7-11-27)38(47)46-21-9-13-34(46)37-42-23-32(43-37)26-16-14-25(15-17-26)28-18-19-29(30(39)22-28)33-24-41-36(44-33)31-12-8-20-40-31/h5-7,10-11,14-19,22-24,31,34-35,40H,3-4,8-9,12-13,20-21H2,1-2H3,(H,41,44)(H,42,43)/t31-,34-,35?/m0/s1. The lowest BCUT2D eigenvalue weighted by Gasteiger charge is -2.34.